The van der Waals surface area contributed by atoms with Crippen molar-refractivity contribution >= 4 is 27.3 Å². The Morgan fingerprint density at radius 1 is 1.29 bits per heavy atom. The number of sulfonamides is 1. The van der Waals surface area contributed by atoms with Crippen LogP contribution < -0.4 is 4.72 Å². The van der Waals surface area contributed by atoms with Gasteiger partial charge in [0.05, 0.1) is 21.4 Å². The Morgan fingerprint density at radius 3 is 2.77 bits per heavy atom. The standard InChI is InChI=1S/C20H21N3O6S2/c1-13(18-22-23-19(29-18)17-5-3-11-30-17)28-20(24)14-6-8-16(9-7-14)31(25,26)21-12-15-4-2-10-27-15/h3,5-9,11,13,15,21H,2,4,10,12H2,1H3. The molecule has 2 atom stereocenters. The molecule has 2 unspecified atom stereocenters. The van der Waals surface area contributed by atoms with Gasteiger partial charge in [-0.05, 0) is 55.5 Å². The monoisotopic (exact) mass is 463 g/mol. The Labute approximate surface area is 183 Å². The third kappa shape index (κ3) is 5.18. The van der Waals surface area contributed by atoms with Crippen LogP contribution in [0.4, 0.5) is 0 Å². The quantitative estimate of drug-likeness (QED) is 0.506. The van der Waals surface area contributed by atoms with Gasteiger partial charge in [0.25, 0.3) is 11.8 Å². The molecule has 3 heterocycles. The van der Waals surface area contributed by atoms with Crippen molar-refractivity contribution in [3.63, 3.8) is 0 Å². The van der Waals surface area contributed by atoms with Crippen LogP contribution >= 0.6 is 11.3 Å². The molecule has 164 valence electrons. The highest BCUT2D eigenvalue weighted by molar-refractivity contribution is 7.89. The summed E-state index contributed by atoms with van der Waals surface area (Å²) in [5.41, 5.74) is 0.211. The Bertz CT molecular complexity index is 1120. The van der Waals surface area contributed by atoms with Gasteiger partial charge in [0, 0.05) is 13.2 Å². The number of benzene rings is 1. The first-order chi connectivity index (χ1) is 14.9. The topological polar surface area (TPSA) is 121 Å². The molecule has 4 rings (SSSR count). The Morgan fingerprint density at radius 2 is 2.10 bits per heavy atom. The van der Waals surface area contributed by atoms with Crippen molar-refractivity contribution in [2.75, 3.05) is 13.2 Å². The predicted molar refractivity (Wildman–Crippen MR) is 112 cm³/mol. The number of aromatic nitrogens is 2. The largest absolute Gasteiger partial charge is 0.449 e. The van der Waals surface area contributed by atoms with Crippen molar-refractivity contribution in [1.29, 1.82) is 0 Å². The molecule has 0 amide bonds. The highest BCUT2D eigenvalue weighted by Crippen LogP contribution is 2.26. The number of hydrogen-bond acceptors (Lipinski definition) is 9. The van der Waals surface area contributed by atoms with E-state index in [0.717, 1.165) is 17.7 Å². The van der Waals surface area contributed by atoms with Crippen LogP contribution in [-0.4, -0.2) is 43.8 Å². The minimum Gasteiger partial charge on any atom is -0.449 e. The van der Waals surface area contributed by atoms with E-state index in [1.54, 1.807) is 6.92 Å². The van der Waals surface area contributed by atoms with Crippen LogP contribution in [0.5, 0.6) is 0 Å². The van der Waals surface area contributed by atoms with E-state index in [1.165, 1.54) is 35.6 Å². The van der Waals surface area contributed by atoms with Crippen LogP contribution in [0.15, 0.2) is 51.1 Å². The molecule has 0 spiro atoms. The van der Waals surface area contributed by atoms with Gasteiger partial charge >= 0.3 is 5.97 Å². The maximum Gasteiger partial charge on any atom is 0.338 e. The molecule has 0 aliphatic carbocycles. The fraction of sp³-hybridized carbons (Fsp3) is 0.350. The summed E-state index contributed by atoms with van der Waals surface area (Å²) in [7, 11) is -3.69. The highest BCUT2D eigenvalue weighted by Gasteiger charge is 2.22. The van der Waals surface area contributed by atoms with Gasteiger partial charge in [-0.15, -0.1) is 21.5 Å². The van der Waals surface area contributed by atoms with Gasteiger partial charge in [0.1, 0.15) is 0 Å². The zero-order valence-corrected chi connectivity index (χ0v) is 18.3. The van der Waals surface area contributed by atoms with Gasteiger partial charge in [-0.1, -0.05) is 6.07 Å². The summed E-state index contributed by atoms with van der Waals surface area (Å²) in [4.78, 5) is 13.3. The maximum atomic E-state index is 12.4. The normalized spacial score (nSPS) is 17.5. The van der Waals surface area contributed by atoms with E-state index in [1.807, 2.05) is 17.5 Å². The molecule has 9 nitrogen and oxygen atoms in total. The zero-order valence-electron chi connectivity index (χ0n) is 16.7. The van der Waals surface area contributed by atoms with Crippen LogP contribution in [0.2, 0.25) is 0 Å². The second-order valence-corrected chi connectivity index (χ2v) is 9.70. The van der Waals surface area contributed by atoms with Crippen molar-refractivity contribution < 1.29 is 27.1 Å². The number of esters is 1. The number of thiophene rings is 1. The fourth-order valence-corrected chi connectivity index (χ4v) is 4.75. The van der Waals surface area contributed by atoms with E-state index in [9.17, 15) is 13.2 Å². The molecule has 0 saturated carbocycles. The van der Waals surface area contributed by atoms with Crippen LogP contribution in [0.25, 0.3) is 10.8 Å². The lowest BCUT2D eigenvalue weighted by Crippen LogP contribution is -2.31. The van der Waals surface area contributed by atoms with Crippen LogP contribution in [0, 0.1) is 0 Å². The molecule has 11 heteroatoms. The predicted octanol–water partition coefficient (Wildman–Crippen LogP) is 3.17. The average molecular weight is 464 g/mol. The second-order valence-electron chi connectivity index (χ2n) is 6.98. The van der Waals surface area contributed by atoms with Crippen molar-refractivity contribution in [2.24, 2.45) is 0 Å². The lowest BCUT2D eigenvalue weighted by Gasteiger charge is -2.12. The Hall–Kier alpha value is -2.60. The number of carbonyl (C=O) groups is 1. The number of nitrogens with one attached hydrogen (secondary N) is 1. The van der Waals surface area contributed by atoms with E-state index >= 15 is 0 Å². The van der Waals surface area contributed by atoms with Crippen LogP contribution in [0.1, 0.15) is 42.1 Å². The molecule has 0 radical (unpaired) electrons. The molecule has 1 N–H and O–H groups in total. The highest BCUT2D eigenvalue weighted by atomic mass is 32.2. The van der Waals surface area contributed by atoms with Gasteiger partial charge < -0.3 is 13.9 Å². The summed E-state index contributed by atoms with van der Waals surface area (Å²) in [6, 6.07) is 9.25. The molecule has 1 fully saturated rings. The molecule has 3 aromatic rings. The number of ether oxygens (including phenoxy) is 2. The molecule has 1 aliphatic heterocycles. The molecule has 1 aromatic carbocycles. The van der Waals surface area contributed by atoms with Crippen molar-refractivity contribution in [3.8, 4) is 10.8 Å². The van der Waals surface area contributed by atoms with E-state index in [4.69, 9.17) is 13.9 Å². The van der Waals surface area contributed by atoms with Gasteiger partial charge in [-0.2, -0.15) is 0 Å². The van der Waals surface area contributed by atoms with Gasteiger partial charge in [0.2, 0.25) is 10.0 Å². The van der Waals surface area contributed by atoms with Crippen molar-refractivity contribution in [3.05, 3.63) is 53.2 Å². The first kappa shape index (κ1) is 21.6. The molecule has 1 saturated heterocycles. The van der Waals surface area contributed by atoms with E-state index in [-0.39, 0.29) is 29.0 Å². The zero-order chi connectivity index (χ0) is 21.8. The molecule has 0 bridgehead atoms. The molecular weight excluding hydrogens is 442 g/mol. The summed E-state index contributed by atoms with van der Waals surface area (Å²) in [6.07, 6.45) is 0.904. The number of carbonyl (C=O) groups excluding carboxylic acids is 1. The number of hydrogen-bond donors (Lipinski definition) is 1. The molecule has 1 aliphatic rings. The van der Waals surface area contributed by atoms with E-state index < -0.39 is 22.1 Å². The maximum absolute atomic E-state index is 12.4. The minimum absolute atomic E-state index is 0.0626. The first-order valence-corrected chi connectivity index (χ1v) is 12.1. The van der Waals surface area contributed by atoms with Gasteiger partial charge in [-0.3, -0.25) is 0 Å². The fourth-order valence-electron chi connectivity index (χ4n) is 3.04. The Kier molecular flexibility index (Phi) is 6.46. The molecular formula is C20H21N3O6S2. The lowest BCUT2D eigenvalue weighted by molar-refractivity contribution is 0.0280. The van der Waals surface area contributed by atoms with E-state index in [0.29, 0.717) is 12.5 Å². The summed E-state index contributed by atoms with van der Waals surface area (Å²) in [5, 5.41) is 9.79. The SMILES string of the molecule is CC(OC(=O)c1ccc(S(=O)(=O)NCC2CCCO2)cc1)c1nnc(-c2cccs2)o1. The third-order valence-electron chi connectivity index (χ3n) is 4.73. The summed E-state index contributed by atoms with van der Waals surface area (Å²) >= 11 is 1.46. The van der Waals surface area contributed by atoms with Gasteiger partial charge in [0.15, 0.2) is 6.10 Å². The molecule has 2 aromatic heterocycles. The summed E-state index contributed by atoms with van der Waals surface area (Å²) < 4.78 is 43.8. The van der Waals surface area contributed by atoms with Gasteiger partial charge in [-0.25, -0.2) is 17.9 Å². The summed E-state index contributed by atoms with van der Waals surface area (Å²) in [6.45, 7) is 2.50. The smallest absolute Gasteiger partial charge is 0.338 e. The average Bonchev–Trinajstić information content (AvgIpc) is 3.54. The van der Waals surface area contributed by atoms with Crippen LogP contribution in [0.3, 0.4) is 0 Å². The lowest BCUT2D eigenvalue weighted by atomic mass is 10.2. The number of nitrogens with zero attached hydrogens (tertiary/aromatic N) is 2. The third-order valence-corrected chi connectivity index (χ3v) is 7.03. The molecule has 31 heavy (non-hydrogen) atoms. The van der Waals surface area contributed by atoms with Crippen molar-refractivity contribution in [2.45, 2.75) is 36.9 Å². The minimum atomic E-state index is -3.69. The van der Waals surface area contributed by atoms with Crippen molar-refractivity contribution in [1.82, 2.24) is 14.9 Å². The Balaban J connectivity index is 1.36. The second kappa shape index (κ2) is 9.27. The van der Waals surface area contributed by atoms with Crippen LogP contribution in [-0.2, 0) is 19.5 Å². The summed E-state index contributed by atoms with van der Waals surface area (Å²) in [5.74, 6) is -0.0909. The first-order valence-electron chi connectivity index (χ1n) is 9.72. The number of rotatable bonds is 8. The van der Waals surface area contributed by atoms with E-state index in [2.05, 4.69) is 14.9 Å².